The van der Waals surface area contributed by atoms with Crippen molar-refractivity contribution in [3.63, 3.8) is 0 Å². The second-order valence-electron chi connectivity index (χ2n) is 3.72. The van der Waals surface area contributed by atoms with E-state index in [9.17, 15) is 0 Å². The van der Waals surface area contributed by atoms with Crippen LogP contribution in [0.4, 0.5) is 0 Å². The van der Waals surface area contributed by atoms with Gasteiger partial charge in [-0.15, -0.1) is 0 Å². The zero-order valence-electron chi connectivity index (χ0n) is 11.1. The van der Waals surface area contributed by atoms with Crippen molar-refractivity contribution in [3.05, 3.63) is 21.1 Å². The van der Waals surface area contributed by atoms with E-state index in [1.807, 2.05) is 21.1 Å². The maximum Gasteiger partial charge on any atom is 0.281 e. The predicted molar refractivity (Wildman–Crippen MR) is 71.9 cm³/mol. The van der Waals surface area contributed by atoms with Crippen LogP contribution in [0.15, 0.2) is 21.1 Å². The van der Waals surface area contributed by atoms with E-state index in [-0.39, 0.29) is 6.15 Å². The molecule has 0 unspecified atom stereocenters. The second-order valence-corrected chi connectivity index (χ2v) is 10.1. The Balaban J connectivity index is -0.0000000628. The van der Waals surface area contributed by atoms with Crippen LogP contribution in [0, 0.1) is 0 Å². The quantitative estimate of drug-likeness (QED) is 0.709. The summed E-state index contributed by atoms with van der Waals surface area (Å²) in [6.45, 7) is 25.2. The molecule has 0 aromatic carbocycles. The molecule has 0 heterocycles. The molecule has 102 valence electrons. The van der Waals surface area contributed by atoms with Crippen molar-refractivity contribution < 1.29 is 40.2 Å². The van der Waals surface area contributed by atoms with E-state index >= 15 is 0 Å². The molecule has 0 saturated carbocycles. The minimum Gasteiger partial charge on any atom is -0.344 e. The number of hydrogen-bond donors (Lipinski definition) is 1. The van der Waals surface area contributed by atoms with Gasteiger partial charge in [-0.3, -0.25) is 19.2 Å². The van der Waals surface area contributed by atoms with Crippen LogP contribution in [-0.2, 0) is 40.2 Å². The first-order valence-corrected chi connectivity index (χ1v) is 9.02. The molecular formula is C12H16NNbO4Si. The van der Waals surface area contributed by atoms with Crippen molar-refractivity contribution in [3.8, 4) is 0 Å². The van der Waals surface area contributed by atoms with Crippen LogP contribution >= 0.6 is 0 Å². The van der Waals surface area contributed by atoms with Crippen LogP contribution in [0.3, 0.4) is 0 Å². The number of carbonyl (C=O) groups excluding carboxylic acids is 4. The summed E-state index contributed by atoms with van der Waals surface area (Å²) >= 11 is 1.90. The third-order valence-electron chi connectivity index (χ3n) is 1.71. The molecule has 0 aromatic rings. The Morgan fingerprint density at radius 1 is 0.947 bits per heavy atom. The SMILES string of the molecule is C[Si](C)(C)C1=[C]([Nb])CC=C1.N.[C]=O.[C]=O.[C]=O.[C]=O. The zero-order chi connectivity index (χ0) is 15.8. The third-order valence-corrected chi connectivity index (χ3v) is 5.38. The van der Waals surface area contributed by atoms with Crippen LogP contribution in [0.5, 0.6) is 0 Å². The minimum absolute atomic E-state index is 0. The Morgan fingerprint density at radius 2 is 1.26 bits per heavy atom. The topological polar surface area (TPSA) is 103 Å². The Kier molecular flexibility index (Phi) is 36.1. The van der Waals surface area contributed by atoms with Crippen molar-refractivity contribution in [1.82, 2.24) is 6.15 Å². The van der Waals surface area contributed by atoms with E-state index < -0.39 is 8.07 Å². The van der Waals surface area contributed by atoms with Crippen molar-refractivity contribution >= 4 is 35.2 Å². The molecule has 7 heteroatoms. The fourth-order valence-corrected chi connectivity index (χ4v) is 5.68. The summed E-state index contributed by atoms with van der Waals surface area (Å²) in [4.78, 5) is 30.0. The summed E-state index contributed by atoms with van der Waals surface area (Å²) in [6, 6.07) is 0. The fraction of sp³-hybridized carbons (Fsp3) is 0.333. The molecule has 0 spiro atoms. The predicted octanol–water partition coefficient (Wildman–Crippen LogP) is 1.20. The van der Waals surface area contributed by atoms with Crippen LogP contribution in [0.1, 0.15) is 6.42 Å². The van der Waals surface area contributed by atoms with Gasteiger partial charge in [-0.25, -0.2) is 0 Å². The fourth-order valence-electron chi connectivity index (χ4n) is 1.18. The van der Waals surface area contributed by atoms with E-state index in [1.165, 1.54) is 6.42 Å². The molecule has 0 aromatic heterocycles. The normalized spacial score (nSPS) is 10.7. The molecule has 1 aliphatic rings. The molecule has 0 fully saturated rings. The summed E-state index contributed by atoms with van der Waals surface area (Å²) in [5.41, 5.74) is 0. The van der Waals surface area contributed by atoms with Crippen LogP contribution < -0.4 is 6.15 Å². The summed E-state index contributed by atoms with van der Waals surface area (Å²) in [7, 11) is -0.982. The van der Waals surface area contributed by atoms with E-state index in [2.05, 4.69) is 58.9 Å². The molecular weight excluding hydrogens is 343 g/mol. The van der Waals surface area contributed by atoms with Gasteiger partial charge < -0.3 is 6.15 Å². The molecule has 0 bridgehead atoms. The largest absolute Gasteiger partial charge is 0.344 e. The molecule has 1 rings (SSSR count). The van der Waals surface area contributed by atoms with Gasteiger partial charge in [-0.05, 0) is 0 Å². The molecule has 0 saturated heterocycles. The van der Waals surface area contributed by atoms with Crippen molar-refractivity contribution in [2.45, 2.75) is 26.1 Å². The smallest absolute Gasteiger partial charge is 0.281 e. The van der Waals surface area contributed by atoms with Gasteiger partial charge in [0.2, 0.25) is 0 Å². The van der Waals surface area contributed by atoms with Gasteiger partial charge in [0.1, 0.15) is 0 Å². The van der Waals surface area contributed by atoms with Gasteiger partial charge >= 0.3 is 76.3 Å². The Bertz CT molecular complexity index is 257. The first kappa shape index (κ1) is 30.8. The molecule has 1 aliphatic carbocycles. The molecule has 0 amide bonds. The molecule has 19 heavy (non-hydrogen) atoms. The monoisotopic (exact) mass is 359 g/mol. The van der Waals surface area contributed by atoms with Gasteiger partial charge in [-0.1, -0.05) is 0 Å². The maximum atomic E-state index is 7.50. The van der Waals surface area contributed by atoms with E-state index in [1.54, 1.807) is 8.99 Å². The maximum absolute atomic E-state index is 7.50. The third kappa shape index (κ3) is 17.1. The van der Waals surface area contributed by atoms with Gasteiger partial charge in [0, 0.05) is 0 Å². The standard InChI is InChI=1S/C8H13Si.4CO.H3N.Nb/c1-9(2,3)8-6-4-5-7-8;4*1-2;;/h4,6H,5H2,1-3H3;;;;;1H3;. The van der Waals surface area contributed by atoms with Gasteiger partial charge in [0.05, 0.1) is 0 Å². The van der Waals surface area contributed by atoms with Crippen molar-refractivity contribution in [1.29, 1.82) is 0 Å². The first-order chi connectivity index (χ1) is 8.52. The molecule has 5 nitrogen and oxygen atoms in total. The van der Waals surface area contributed by atoms with Crippen molar-refractivity contribution in [2.75, 3.05) is 0 Å². The van der Waals surface area contributed by atoms with Crippen molar-refractivity contribution in [2.24, 2.45) is 0 Å². The summed E-state index contributed by atoms with van der Waals surface area (Å²) in [5.74, 6) is 0. The van der Waals surface area contributed by atoms with E-state index in [4.69, 9.17) is 19.2 Å². The number of hydrogen-bond acceptors (Lipinski definition) is 5. The van der Waals surface area contributed by atoms with Crippen LogP contribution in [0.2, 0.25) is 19.6 Å². The molecule has 0 atom stereocenters. The summed E-state index contributed by atoms with van der Waals surface area (Å²) in [5, 5.41) is 1.68. The van der Waals surface area contributed by atoms with Crippen LogP contribution in [0.25, 0.3) is 0 Å². The average molecular weight is 359 g/mol. The summed E-state index contributed by atoms with van der Waals surface area (Å²) < 4.78 is 1.65. The number of rotatable bonds is 1. The minimum atomic E-state index is -0.982. The second kappa shape index (κ2) is 22.3. The molecule has 8 radical (unpaired) electrons. The van der Waals surface area contributed by atoms with Crippen LogP contribution in [-0.4, -0.2) is 35.2 Å². The van der Waals surface area contributed by atoms with E-state index in [0.29, 0.717) is 0 Å². The average Bonchev–Trinajstić information content (AvgIpc) is 2.85. The number of allylic oxidation sites excluding steroid dienone is 4. The van der Waals surface area contributed by atoms with Gasteiger partial charge in [0.15, 0.2) is 0 Å². The Labute approximate surface area is 129 Å². The van der Waals surface area contributed by atoms with Gasteiger partial charge in [0.25, 0.3) is 27.2 Å². The summed E-state index contributed by atoms with van der Waals surface area (Å²) in [6.07, 6.45) is 5.84. The Hall–Kier alpha value is -0.923. The zero-order valence-corrected chi connectivity index (χ0v) is 14.3. The first-order valence-electron chi connectivity index (χ1n) is 4.42. The molecule has 0 aliphatic heterocycles. The van der Waals surface area contributed by atoms with E-state index in [0.717, 1.165) is 0 Å². The molecule has 3 N–H and O–H groups in total. The van der Waals surface area contributed by atoms with Gasteiger partial charge in [-0.2, -0.15) is 0 Å². The Morgan fingerprint density at radius 3 is 1.37 bits per heavy atom.